The van der Waals surface area contributed by atoms with Gasteiger partial charge in [-0.15, -0.1) is 12.6 Å². The SMILES string of the molecule is O=C(S)CCc1ccc(OCc2ccccc2)c(Cl)c1. The second kappa shape index (κ2) is 7.36. The van der Waals surface area contributed by atoms with Crippen LogP contribution in [0.3, 0.4) is 0 Å². The third kappa shape index (κ3) is 4.58. The molecule has 0 atom stereocenters. The van der Waals surface area contributed by atoms with Crippen LogP contribution < -0.4 is 4.74 Å². The first kappa shape index (κ1) is 14.9. The standard InChI is InChI=1S/C16H15ClO2S/c17-14-10-12(7-9-16(18)20)6-8-15(14)19-11-13-4-2-1-3-5-13/h1-6,8,10H,7,9,11H2,(H,18,20). The Labute approximate surface area is 129 Å². The fraction of sp³-hybridized carbons (Fsp3) is 0.188. The minimum Gasteiger partial charge on any atom is -0.487 e. The van der Waals surface area contributed by atoms with Crippen LogP contribution in [0.5, 0.6) is 5.75 Å². The lowest BCUT2D eigenvalue weighted by Gasteiger charge is -2.09. The van der Waals surface area contributed by atoms with Gasteiger partial charge in [0.15, 0.2) is 5.12 Å². The maximum atomic E-state index is 10.8. The molecule has 0 saturated carbocycles. The summed E-state index contributed by atoms with van der Waals surface area (Å²) >= 11 is 9.93. The average molecular weight is 307 g/mol. The van der Waals surface area contributed by atoms with E-state index < -0.39 is 0 Å². The van der Waals surface area contributed by atoms with E-state index in [4.69, 9.17) is 16.3 Å². The van der Waals surface area contributed by atoms with Crippen molar-refractivity contribution in [3.05, 3.63) is 64.7 Å². The Balaban J connectivity index is 1.97. The highest BCUT2D eigenvalue weighted by Crippen LogP contribution is 2.26. The van der Waals surface area contributed by atoms with E-state index in [0.717, 1.165) is 11.1 Å². The molecule has 0 saturated heterocycles. The first-order valence-corrected chi connectivity index (χ1v) is 7.14. The number of hydrogen-bond donors (Lipinski definition) is 1. The van der Waals surface area contributed by atoms with Crippen molar-refractivity contribution in [3.63, 3.8) is 0 Å². The molecule has 2 rings (SSSR count). The Kier molecular flexibility index (Phi) is 5.50. The molecule has 0 heterocycles. The van der Waals surface area contributed by atoms with Crippen LogP contribution in [0.2, 0.25) is 5.02 Å². The summed E-state index contributed by atoms with van der Waals surface area (Å²) in [6.07, 6.45) is 1.05. The van der Waals surface area contributed by atoms with Crippen molar-refractivity contribution >= 4 is 29.3 Å². The Morgan fingerprint density at radius 1 is 1.10 bits per heavy atom. The number of halogens is 1. The van der Waals surface area contributed by atoms with Crippen LogP contribution in [-0.2, 0) is 17.8 Å². The largest absolute Gasteiger partial charge is 0.487 e. The Morgan fingerprint density at radius 2 is 1.85 bits per heavy atom. The van der Waals surface area contributed by atoms with Crippen LogP contribution >= 0.6 is 24.2 Å². The molecule has 0 amide bonds. The van der Waals surface area contributed by atoms with Gasteiger partial charge in [-0.2, -0.15) is 0 Å². The Bertz CT molecular complexity index is 584. The summed E-state index contributed by atoms with van der Waals surface area (Å²) in [5, 5.41) is 0.440. The summed E-state index contributed by atoms with van der Waals surface area (Å²) in [6, 6.07) is 15.5. The first-order chi connectivity index (χ1) is 9.65. The molecule has 0 N–H and O–H groups in total. The zero-order valence-electron chi connectivity index (χ0n) is 10.9. The lowest BCUT2D eigenvalue weighted by molar-refractivity contribution is -0.110. The molecule has 104 valence electrons. The van der Waals surface area contributed by atoms with Crippen LogP contribution in [0.25, 0.3) is 0 Å². The van der Waals surface area contributed by atoms with E-state index in [0.29, 0.717) is 30.2 Å². The Morgan fingerprint density at radius 3 is 2.50 bits per heavy atom. The second-order valence-electron chi connectivity index (χ2n) is 4.43. The molecule has 20 heavy (non-hydrogen) atoms. The molecular weight excluding hydrogens is 292 g/mol. The van der Waals surface area contributed by atoms with Gasteiger partial charge in [-0.1, -0.05) is 48.0 Å². The highest BCUT2D eigenvalue weighted by Gasteiger charge is 2.05. The quantitative estimate of drug-likeness (QED) is 0.805. The number of carbonyl (C=O) groups is 1. The normalized spacial score (nSPS) is 10.3. The van der Waals surface area contributed by atoms with Crippen LogP contribution in [0.15, 0.2) is 48.5 Å². The monoisotopic (exact) mass is 306 g/mol. The minimum absolute atomic E-state index is 0.120. The predicted molar refractivity (Wildman–Crippen MR) is 84.5 cm³/mol. The van der Waals surface area contributed by atoms with E-state index >= 15 is 0 Å². The number of rotatable bonds is 6. The summed E-state index contributed by atoms with van der Waals surface area (Å²) < 4.78 is 5.69. The minimum atomic E-state index is -0.120. The summed E-state index contributed by atoms with van der Waals surface area (Å²) in [4.78, 5) is 10.8. The molecule has 2 aromatic rings. The molecule has 0 aliphatic carbocycles. The first-order valence-electron chi connectivity index (χ1n) is 6.32. The Hall–Kier alpha value is -1.45. The number of benzene rings is 2. The van der Waals surface area contributed by atoms with Crippen molar-refractivity contribution in [1.82, 2.24) is 0 Å². The van der Waals surface area contributed by atoms with E-state index in [1.165, 1.54) is 0 Å². The highest BCUT2D eigenvalue weighted by atomic mass is 35.5. The lowest BCUT2D eigenvalue weighted by Crippen LogP contribution is -1.97. The number of hydrogen-bond acceptors (Lipinski definition) is 2. The van der Waals surface area contributed by atoms with Gasteiger partial charge in [0.05, 0.1) is 5.02 Å². The fourth-order valence-corrected chi connectivity index (χ4v) is 2.17. The molecule has 0 unspecified atom stereocenters. The molecule has 0 aromatic heterocycles. The van der Waals surface area contributed by atoms with Gasteiger partial charge in [0.1, 0.15) is 12.4 Å². The molecule has 0 radical (unpaired) electrons. The van der Waals surface area contributed by atoms with E-state index in [9.17, 15) is 4.79 Å². The summed E-state index contributed by atoms with van der Waals surface area (Å²) in [5.41, 5.74) is 2.10. The van der Waals surface area contributed by atoms with Crippen molar-refractivity contribution in [2.24, 2.45) is 0 Å². The third-order valence-electron chi connectivity index (χ3n) is 2.86. The van der Waals surface area contributed by atoms with Crippen molar-refractivity contribution in [2.45, 2.75) is 19.4 Å². The average Bonchev–Trinajstić information content (AvgIpc) is 2.45. The van der Waals surface area contributed by atoms with Gasteiger partial charge in [-0.25, -0.2) is 0 Å². The molecule has 0 bridgehead atoms. The van der Waals surface area contributed by atoms with Crippen LogP contribution in [-0.4, -0.2) is 5.12 Å². The van der Waals surface area contributed by atoms with E-state index in [1.54, 1.807) is 0 Å². The van der Waals surface area contributed by atoms with Crippen LogP contribution in [0, 0.1) is 0 Å². The van der Waals surface area contributed by atoms with Crippen molar-refractivity contribution in [1.29, 1.82) is 0 Å². The van der Waals surface area contributed by atoms with E-state index in [-0.39, 0.29) is 5.12 Å². The summed E-state index contributed by atoms with van der Waals surface area (Å²) in [7, 11) is 0. The number of thiol groups is 1. The molecule has 0 spiro atoms. The third-order valence-corrected chi connectivity index (χ3v) is 3.38. The van der Waals surface area contributed by atoms with Crippen LogP contribution in [0.1, 0.15) is 17.5 Å². The zero-order valence-corrected chi connectivity index (χ0v) is 12.5. The van der Waals surface area contributed by atoms with Crippen molar-refractivity contribution in [2.75, 3.05) is 0 Å². The van der Waals surface area contributed by atoms with Gasteiger partial charge in [0, 0.05) is 6.42 Å². The maximum Gasteiger partial charge on any atom is 0.186 e. The number of carbonyl (C=O) groups excluding carboxylic acids is 1. The second-order valence-corrected chi connectivity index (χ2v) is 5.34. The highest BCUT2D eigenvalue weighted by molar-refractivity contribution is 7.96. The van der Waals surface area contributed by atoms with E-state index in [2.05, 4.69) is 12.6 Å². The molecule has 0 aliphatic heterocycles. The smallest absolute Gasteiger partial charge is 0.186 e. The summed E-state index contributed by atoms with van der Waals surface area (Å²) in [5.74, 6) is 0.650. The van der Waals surface area contributed by atoms with Gasteiger partial charge >= 0.3 is 0 Å². The van der Waals surface area contributed by atoms with Gasteiger partial charge in [-0.3, -0.25) is 4.79 Å². The maximum absolute atomic E-state index is 10.8. The fourth-order valence-electron chi connectivity index (χ4n) is 1.80. The predicted octanol–water partition coefficient (Wildman–Crippen LogP) is 4.31. The van der Waals surface area contributed by atoms with Crippen LogP contribution in [0.4, 0.5) is 0 Å². The van der Waals surface area contributed by atoms with Gasteiger partial charge in [0.25, 0.3) is 0 Å². The molecule has 2 aromatic carbocycles. The van der Waals surface area contributed by atoms with Crippen molar-refractivity contribution < 1.29 is 9.53 Å². The molecule has 2 nitrogen and oxygen atoms in total. The number of ether oxygens (including phenoxy) is 1. The molecule has 4 heteroatoms. The molecular formula is C16H15ClO2S. The molecule has 0 aliphatic rings. The van der Waals surface area contributed by atoms with Crippen molar-refractivity contribution in [3.8, 4) is 5.75 Å². The number of aryl methyl sites for hydroxylation is 1. The zero-order chi connectivity index (χ0) is 14.4. The lowest BCUT2D eigenvalue weighted by atomic mass is 10.1. The van der Waals surface area contributed by atoms with Gasteiger partial charge in [0.2, 0.25) is 0 Å². The summed E-state index contributed by atoms with van der Waals surface area (Å²) in [6.45, 7) is 0.481. The molecule has 0 fully saturated rings. The van der Waals surface area contributed by atoms with E-state index in [1.807, 2.05) is 48.5 Å². The topological polar surface area (TPSA) is 26.3 Å². The van der Waals surface area contributed by atoms with Gasteiger partial charge < -0.3 is 4.74 Å². The van der Waals surface area contributed by atoms with Gasteiger partial charge in [-0.05, 0) is 29.7 Å².